The van der Waals surface area contributed by atoms with E-state index in [1.54, 1.807) is 11.1 Å². The maximum atomic E-state index is 10.7. The first-order chi connectivity index (χ1) is 11.8. The van der Waals surface area contributed by atoms with Gasteiger partial charge in [-0.1, -0.05) is 110 Å². The van der Waals surface area contributed by atoms with Crippen LogP contribution >= 0.6 is 0 Å². The molecule has 1 heterocycles. The number of likely N-dealkylation sites (tertiary alicyclic amines) is 1. The summed E-state index contributed by atoms with van der Waals surface area (Å²) in [5, 5.41) is 0. The number of rotatable bonds is 14. The third-order valence-corrected chi connectivity index (χ3v) is 4.79. The Morgan fingerprint density at radius 2 is 1.17 bits per heavy atom. The van der Waals surface area contributed by atoms with Gasteiger partial charge in [0.05, 0.1) is 0 Å². The second kappa shape index (κ2) is 18.5. The molecule has 0 aromatic carbocycles. The first-order valence-electron chi connectivity index (χ1n) is 10.7. The Hall–Kier alpha value is -0.790. The van der Waals surface area contributed by atoms with E-state index in [1.165, 1.54) is 89.9 Å². The molecule has 0 aromatic heterocycles. The fraction of sp³-hybridized carbons (Fsp3) is 0.864. The van der Waals surface area contributed by atoms with Crippen LogP contribution in [0.3, 0.4) is 0 Å². The summed E-state index contributed by atoms with van der Waals surface area (Å²) in [5.74, 6) is 0.208. The van der Waals surface area contributed by atoms with E-state index in [4.69, 9.17) is 0 Å². The van der Waals surface area contributed by atoms with E-state index < -0.39 is 0 Å². The Bertz CT molecular complexity index is 274. The zero-order valence-corrected chi connectivity index (χ0v) is 16.7. The highest BCUT2D eigenvalue weighted by Crippen LogP contribution is 2.12. The van der Waals surface area contributed by atoms with Crippen LogP contribution in [0.2, 0.25) is 0 Å². The number of hydrogen-bond donors (Lipinski definition) is 0. The first-order valence-corrected chi connectivity index (χ1v) is 10.7. The zero-order chi connectivity index (χ0) is 17.9. The summed E-state index contributed by atoms with van der Waals surface area (Å²) in [5.41, 5.74) is 0. The molecule has 0 bridgehead atoms. The van der Waals surface area contributed by atoms with Crippen molar-refractivity contribution in [2.45, 2.75) is 117 Å². The summed E-state index contributed by atoms with van der Waals surface area (Å²) in [6.45, 7) is 8.94. The van der Waals surface area contributed by atoms with Gasteiger partial charge in [0.15, 0.2) is 0 Å². The van der Waals surface area contributed by atoms with Crippen LogP contribution in [0.25, 0.3) is 0 Å². The van der Waals surface area contributed by atoms with E-state index in [1.807, 2.05) is 0 Å². The van der Waals surface area contributed by atoms with Crippen LogP contribution in [0.1, 0.15) is 117 Å². The molecule has 0 radical (unpaired) electrons. The molecule has 2 nitrogen and oxygen atoms in total. The third-order valence-electron chi connectivity index (χ3n) is 4.79. The monoisotopic (exact) mass is 337 g/mol. The maximum absolute atomic E-state index is 10.7. The molecule has 0 atom stereocenters. The van der Waals surface area contributed by atoms with E-state index in [0.717, 1.165) is 13.0 Å². The van der Waals surface area contributed by atoms with Gasteiger partial charge < -0.3 is 4.90 Å². The molecule has 1 aliphatic rings. The standard InChI is InChI=1S/C16H34.C6H9NO/c1-3-5-7-9-11-13-15-16-14-12-10-8-6-4-2;1-2-7-5-3-4-6(7)8/h3-16H2,1-2H3;2H,1,3-5H2. The molecule has 2 heteroatoms. The van der Waals surface area contributed by atoms with E-state index >= 15 is 0 Å². The molecule has 1 saturated heterocycles. The second-order valence-electron chi connectivity index (χ2n) is 7.12. The Labute approximate surface area is 152 Å². The minimum absolute atomic E-state index is 0.208. The summed E-state index contributed by atoms with van der Waals surface area (Å²) in [6, 6.07) is 0. The lowest BCUT2D eigenvalue weighted by Gasteiger charge is -2.05. The fourth-order valence-electron chi connectivity index (χ4n) is 3.13. The van der Waals surface area contributed by atoms with Gasteiger partial charge in [-0.3, -0.25) is 4.79 Å². The predicted octanol–water partition coefficient (Wildman–Crippen LogP) is 7.24. The lowest BCUT2D eigenvalue weighted by Crippen LogP contribution is -2.16. The van der Waals surface area contributed by atoms with E-state index in [9.17, 15) is 4.79 Å². The minimum Gasteiger partial charge on any atom is -0.320 e. The van der Waals surface area contributed by atoms with E-state index in [2.05, 4.69) is 20.4 Å². The molecule has 0 saturated carbocycles. The zero-order valence-electron chi connectivity index (χ0n) is 16.7. The minimum atomic E-state index is 0.208. The highest BCUT2D eigenvalue weighted by Gasteiger charge is 2.15. The Kier molecular flexibility index (Phi) is 17.9. The number of unbranched alkanes of at least 4 members (excludes halogenated alkanes) is 13. The fourth-order valence-corrected chi connectivity index (χ4v) is 3.13. The van der Waals surface area contributed by atoms with Crippen LogP contribution in [-0.2, 0) is 4.79 Å². The summed E-state index contributed by atoms with van der Waals surface area (Å²) in [7, 11) is 0. The predicted molar refractivity (Wildman–Crippen MR) is 107 cm³/mol. The molecule has 142 valence electrons. The molecule has 1 amide bonds. The molecule has 0 spiro atoms. The molecule has 1 fully saturated rings. The highest BCUT2D eigenvalue weighted by molar-refractivity contribution is 5.78. The van der Waals surface area contributed by atoms with Crippen molar-refractivity contribution in [3.05, 3.63) is 12.8 Å². The van der Waals surface area contributed by atoms with Gasteiger partial charge in [-0.15, -0.1) is 0 Å². The lowest BCUT2D eigenvalue weighted by molar-refractivity contribution is -0.125. The first kappa shape index (κ1) is 23.2. The number of nitrogens with zero attached hydrogens (tertiary/aromatic N) is 1. The summed E-state index contributed by atoms with van der Waals surface area (Å²) in [4.78, 5) is 12.3. The van der Waals surface area contributed by atoms with Crippen molar-refractivity contribution in [2.24, 2.45) is 0 Å². The normalized spacial score (nSPS) is 13.8. The number of amides is 1. The largest absolute Gasteiger partial charge is 0.320 e. The van der Waals surface area contributed by atoms with Crippen molar-refractivity contribution in [1.82, 2.24) is 4.90 Å². The second-order valence-corrected chi connectivity index (χ2v) is 7.12. The van der Waals surface area contributed by atoms with Crippen LogP contribution < -0.4 is 0 Å². The molecule has 0 aliphatic carbocycles. The van der Waals surface area contributed by atoms with E-state index in [-0.39, 0.29) is 5.91 Å². The quantitative estimate of drug-likeness (QED) is 0.306. The third kappa shape index (κ3) is 14.8. The van der Waals surface area contributed by atoms with Crippen LogP contribution in [0.4, 0.5) is 0 Å². The number of hydrogen-bond acceptors (Lipinski definition) is 1. The molecule has 0 N–H and O–H groups in total. The van der Waals surface area contributed by atoms with E-state index in [0.29, 0.717) is 6.42 Å². The SMILES string of the molecule is C=CN1CCCC1=O.CCCCCCCCCCCCCCCC. The summed E-state index contributed by atoms with van der Waals surface area (Å²) in [6.07, 6.45) is 23.7. The number of carbonyl (C=O) groups excluding carboxylic acids is 1. The molecular formula is C22H43NO. The molecule has 1 aliphatic heterocycles. The van der Waals surface area contributed by atoms with Gasteiger partial charge in [0, 0.05) is 13.0 Å². The molecular weight excluding hydrogens is 294 g/mol. The van der Waals surface area contributed by atoms with Crippen molar-refractivity contribution in [3.63, 3.8) is 0 Å². The van der Waals surface area contributed by atoms with Crippen molar-refractivity contribution in [1.29, 1.82) is 0 Å². The van der Waals surface area contributed by atoms with Gasteiger partial charge in [-0.05, 0) is 12.6 Å². The summed E-state index contributed by atoms with van der Waals surface area (Å²) >= 11 is 0. The van der Waals surface area contributed by atoms with Crippen molar-refractivity contribution in [2.75, 3.05) is 6.54 Å². The van der Waals surface area contributed by atoms with Crippen molar-refractivity contribution >= 4 is 5.91 Å². The molecule has 24 heavy (non-hydrogen) atoms. The highest BCUT2D eigenvalue weighted by atomic mass is 16.2. The smallest absolute Gasteiger partial charge is 0.226 e. The Morgan fingerprint density at radius 3 is 1.38 bits per heavy atom. The van der Waals surface area contributed by atoms with Crippen molar-refractivity contribution in [3.8, 4) is 0 Å². The van der Waals surface area contributed by atoms with Gasteiger partial charge >= 0.3 is 0 Å². The van der Waals surface area contributed by atoms with Crippen LogP contribution in [-0.4, -0.2) is 17.4 Å². The average Bonchev–Trinajstić information content (AvgIpc) is 3.01. The average molecular weight is 338 g/mol. The van der Waals surface area contributed by atoms with Gasteiger partial charge in [0.2, 0.25) is 5.91 Å². The molecule has 1 rings (SSSR count). The van der Waals surface area contributed by atoms with Crippen LogP contribution in [0.15, 0.2) is 12.8 Å². The summed E-state index contributed by atoms with van der Waals surface area (Å²) < 4.78 is 0. The number of carbonyl (C=O) groups is 1. The van der Waals surface area contributed by atoms with Crippen molar-refractivity contribution < 1.29 is 4.79 Å². The van der Waals surface area contributed by atoms with Gasteiger partial charge in [0.25, 0.3) is 0 Å². The van der Waals surface area contributed by atoms with Gasteiger partial charge in [-0.25, -0.2) is 0 Å². The Balaban J connectivity index is 0.000000546. The maximum Gasteiger partial charge on any atom is 0.226 e. The lowest BCUT2D eigenvalue weighted by atomic mass is 10.0. The van der Waals surface area contributed by atoms with Crippen LogP contribution in [0, 0.1) is 0 Å². The Morgan fingerprint density at radius 1 is 0.792 bits per heavy atom. The van der Waals surface area contributed by atoms with Gasteiger partial charge in [0.1, 0.15) is 0 Å². The topological polar surface area (TPSA) is 20.3 Å². The molecule has 0 aromatic rings. The van der Waals surface area contributed by atoms with Gasteiger partial charge in [-0.2, -0.15) is 0 Å². The molecule has 0 unspecified atom stereocenters. The van der Waals surface area contributed by atoms with Crippen LogP contribution in [0.5, 0.6) is 0 Å².